The minimum Gasteiger partial charge on any atom is -0.117 e. The minimum absolute atomic E-state index is 0.111. The van der Waals surface area contributed by atoms with Gasteiger partial charge in [0.15, 0.2) is 0 Å². The molecule has 0 radical (unpaired) electrons. The number of hydrogen-bond acceptors (Lipinski definition) is 0. The van der Waals surface area contributed by atoms with Crippen LogP contribution in [0.1, 0.15) is 0 Å². The molecule has 0 aromatic rings. The molecule has 0 bridgehead atoms. The van der Waals surface area contributed by atoms with Crippen molar-refractivity contribution in [2.45, 2.75) is 0 Å². The predicted octanol–water partition coefficient (Wildman–Crippen LogP) is 1.50. The zero-order valence-electron chi connectivity index (χ0n) is 2.13. The molecule has 0 rings (SSSR count). The van der Waals surface area contributed by atoms with Gasteiger partial charge < -0.3 is 0 Å². The Labute approximate surface area is 26.9 Å². The second kappa shape index (κ2) is 1.73. The Bertz CT molecular complexity index is 42.9. The lowest BCUT2D eigenvalue weighted by molar-refractivity contribution is 0.390. The first-order chi connectivity index (χ1) is 2.27. The molecular formula is C2F3+. The third-order valence-electron chi connectivity index (χ3n) is 0.0714. The van der Waals surface area contributed by atoms with Gasteiger partial charge in [-0.3, -0.25) is 0 Å². The van der Waals surface area contributed by atoms with E-state index in [-0.39, 0.29) is 6.33 Å². The van der Waals surface area contributed by atoms with Gasteiger partial charge in [0.1, 0.15) is 0 Å². The van der Waals surface area contributed by atoms with E-state index < -0.39 is 6.08 Å². The lowest BCUT2D eigenvalue weighted by Crippen LogP contribution is -1.43. The van der Waals surface area contributed by atoms with E-state index in [1.54, 1.807) is 0 Å². The molecule has 28 valence electrons. The second-order valence-electron chi connectivity index (χ2n) is 0.355. The summed E-state index contributed by atoms with van der Waals surface area (Å²) in [6, 6.07) is 0. The van der Waals surface area contributed by atoms with Crippen LogP contribution in [0, 0.1) is 6.33 Å². The predicted molar refractivity (Wildman–Crippen MR) is 10.1 cm³/mol. The maximum absolute atomic E-state index is 10.2. The van der Waals surface area contributed by atoms with Crippen molar-refractivity contribution in [3.05, 3.63) is 12.4 Å². The van der Waals surface area contributed by atoms with Crippen LogP contribution in [0.3, 0.4) is 0 Å². The summed E-state index contributed by atoms with van der Waals surface area (Å²) in [4.78, 5) is 0. The Balaban J connectivity index is 3.14. The van der Waals surface area contributed by atoms with Gasteiger partial charge in [-0.15, -0.1) is 8.78 Å². The van der Waals surface area contributed by atoms with Crippen molar-refractivity contribution < 1.29 is 13.2 Å². The average molecular weight is 81.0 g/mol. The molecule has 0 aliphatic carbocycles. The second-order valence-corrected chi connectivity index (χ2v) is 0.355. The van der Waals surface area contributed by atoms with Gasteiger partial charge in [0.05, 0.1) is 4.39 Å². The van der Waals surface area contributed by atoms with Crippen molar-refractivity contribution in [1.82, 2.24) is 0 Å². The lowest BCUT2D eigenvalue weighted by atomic mass is 11.1. The van der Waals surface area contributed by atoms with E-state index in [4.69, 9.17) is 0 Å². The molecule has 0 aromatic carbocycles. The molecule has 0 atom stereocenters. The summed E-state index contributed by atoms with van der Waals surface area (Å²) in [5, 5.41) is 0. The highest BCUT2D eigenvalue weighted by Crippen LogP contribution is 1.92. The lowest BCUT2D eigenvalue weighted by Gasteiger charge is -1.39. The molecule has 0 aliphatic rings. The molecule has 0 heterocycles. The van der Waals surface area contributed by atoms with Crippen molar-refractivity contribution in [2.75, 3.05) is 0 Å². The van der Waals surface area contributed by atoms with Crippen LogP contribution in [0.2, 0.25) is 0 Å². The van der Waals surface area contributed by atoms with Gasteiger partial charge in [-0.25, -0.2) is 0 Å². The van der Waals surface area contributed by atoms with Gasteiger partial charge >= 0.3 is 12.4 Å². The van der Waals surface area contributed by atoms with Crippen LogP contribution in [0.15, 0.2) is 6.08 Å². The van der Waals surface area contributed by atoms with Crippen molar-refractivity contribution >= 4 is 0 Å². The van der Waals surface area contributed by atoms with E-state index in [2.05, 4.69) is 0 Å². The van der Waals surface area contributed by atoms with Crippen molar-refractivity contribution in [2.24, 2.45) is 0 Å². The molecule has 0 nitrogen and oxygen atoms in total. The van der Waals surface area contributed by atoms with Crippen LogP contribution < -0.4 is 0 Å². The molecule has 0 unspecified atom stereocenters. The monoisotopic (exact) mass is 81.0 g/mol. The summed E-state index contributed by atoms with van der Waals surface area (Å²) in [5.74, 6) is 0. The topological polar surface area (TPSA) is 0 Å². The molecule has 0 fully saturated rings. The van der Waals surface area contributed by atoms with E-state index in [9.17, 15) is 13.2 Å². The van der Waals surface area contributed by atoms with E-state index in [1.165, 1.54) is 0 Å². The molecule has 3 heteroatoms. The van der Waals surface area contributed by atoms with Crippen LogP contribution in [0.4, 0.5) is 13.2 Å². The summed E-state index contributed by atoms with van der Waals surface area (Å²) in [6.07, 6.45) is -2.30. The highest BCUT2D eigenvalue weighted by atomic mass is 19.3. The highest BCUT2D eigenvalue weighted by molar-refractivity contribution is 4.57. The standard InChI is InChI=1S/C2F3/c3-1-2(4)5/q+1. The van der Waals surface area contributed by atoms with Crippen molar-refractivity contribution in [3.63, 3.8) is 0 Å². The summed E-state index contributed by atoms with van der Waals surface area (Å²) in [5.41, 5.74) is 0. The zero-order valence-corrected chi connectivity index (χ0v) is 2.13. The Morgan fingerprint density at radius 1 is 1.40 bits per heavy atom. The Hall–Kier alpha value is -0.560. The fraction of sp³-hybridized carbons (Fsp3) is 0. The zero-order chi connectivity index (χ0) is 4.28. The average Bonchev–Trinajstić information content (AvgIpc) is 1.38. The Kier molecular flexibility index (Phi) is 1.54. The SMILES string of the molecule is F[C+]=C(F)F. The number of halogens is 3. The molecule has 0 saturated heterocycles. The molecule has 0 spiro atoms. The molecule has 0 aliphatic heterocycles. The first-order valence-corrected chi connectivity index (χ1v) is 0.817. The summed E-state index contributed by atoms with van der Waals surface area (Å²) in [7, 11) is 0. The van der Waals surface area contributed by atoms with Crippen molar-refractivity contribution in [3.8, 4) is 0 Å². The van der Waals surface area contributed by atoms with Gasteiger partial charge in [-0.2, -0.15) is 0 Å². The molecular weight excluding hydrogens is 81.0 g/mol. The Morgan fingerprint density at radius 2 is 1.60 bits per heavy atom. The van der Waals surface area contributed by atoms with Crippen LogP contribution >= 0.6 is 0 Å². The van der Waals surface area contributed by atoms with E-state index in [0.29, 0.717) is 0 Å². The van der Waals surface area contributed by atoms with E-state index in [0.717, 1.165) is 0 Å². The highest BCUT2D eigenvalue weighted by Gasteiger charge is 2.03. The summed E-state index contributed by atoms with van der Waals surface area (Å²) in [6.45, 7) is 0. The Morgan fingerprint density at radius 3 is 1.60 bits per heavy atom. The van der Waals surface area contributed by atoms with Crippen molar-refractivity contribution in [1.29, 1.82) is 0 Å². The number of hydrogen-bond donors (Lipinski definition) is 0. The van der Waals surface area contributed by atoms with Gasteiger partial charge in [0, 0.05) is 0 Å². The van der Waals surface area contributed by atoms with Gasteiger partial charge in [-0.1, -0.05) is 0 Å². The molecule has 0 N–H and O–H groups in total. The maximum Gasteiger partial charge on any atom is 0.571 e. The van der Waals surface area contributed by atoms with Gasteiger partial charge in [0.2, 0.25) is 0 Å². The van der Waals surface area contributed by atoms with Gasteiger partial charge in [0.25, 0.3) is 0 Å². The van der Waals surface area contributed by atoms with Crippen LogP contribution in [0.5, 0.6) is 0 Å². The normalized spacial score (nSPS) is 6.20. The maximum atomic E-state index is 10.2. The minimum atomic E-state index is -2.41. The fourth-order valence-electron chi connectivity index (χ4n) is 0. The summed E-state index contributed by atoms with van der Waals surface area (Å²) >= 11 is 0. The van der Waals surface area contributed by atoms with E-state index >= 15 is 0 Å². The fourth-order valence-corrected chi connectivity index (χ4v) is 0. The van der Waals surface area contributed by atoms with Crippen LogP contribution in [0.25, 0.3) is 0 Å². The smallest absolute Gasteiger partial charge is 0.117 e. The third-order valence-corrected chi connectivity index (χ3v) is 0.0714. The molecule has 0 amide bonds. The molecule has 0 saturated carbocycles. The summed E-state index contributed by atoms with van der Waals surface area (Å²) < 4.78 is 30.5. The number of rotatable bonds is 0. The van der Waals surface area contributed by atoms with E-state index in [1.807, 2.05) is 0 Å². The largest absolute Gasteiger partial charge is 0.571 e. The van der Waals surface area contributed by atoms with Crippen LogP contribution in [-0.2, 0) is 0 Å². The molecule has 0 aromatic heterocycles. The first kappa shape index (κ1) is 4.44. The third kappa shape index (κ3) is 3.44. The quantitative estimate of drug-likeness (QED) is 0.387. The first-order valence-electron chi connectivity index (χ1n) is 0.817. The van der Waals surface area contributed by atoms with Gasteiger partial charge in [-0.05, 0) is 0 Å². The van der Waals surface area contributed by atoms with Crippen LogP contribution in [-0.4, -0.2) is 0 Å². The molecule has 5 heavy (non-hydrogen) atoms.